The van der Waals surface area contributed by atoms with Crippen molar-refractivity contribution in [1.82, 2.24) is 14.5 Å². The molecule has 136 valence electrons. The molecule has 0 aliphatic rings. The number of ether oxygens (including phenoxy) is 1. The van der Waals surface area contributed by atoms with Crippen LogP contribution >= 0.6 is 23.4 Å². The van der Waals surface area contributed by atoms with Gasteiger partial charge in [-0.1, -0.05) is 35.5 Å². The first kappa shape index (κ1) is 18.7. The average Bonchev–Trinajstić information content (AvgIpc) is 2.98. The fraction of sp³-hybridized carbons (Fsp3) is 0.316. The van der Waals surface area contributed by atoms with Gasteiger partial charge in [-0.05, 0) is 43.2 Å². The van der Waals surface area contributed by atoms with Crippen molar-refractivity contribution in [1.29, 1.82) is 0 Å². The number of halogens is 1. The van der Waals surface area contributed by atoms with Gasteiger partial charge in [0.05, 0.1) is 13.2 Å². The molecule has 0 spiro atoms. The van der Waals surface area contributed by atoms with Crippen LogP contribution in [0.1, 0.15) is 25.3 Å². The lowest BCUT2D eigenvalue weighted by molar-refractivity contribution is -0.143. The van der Waals surface area contributed by atoms with Crippen molar-refractivity contribution in [2.24, 2.45) is 0 Å². The molecule has 2 aromatic heterocycles. The molecule has 0 fully saturated rings. The van der Waals surface area contributed by atoms with Crippen LogP contribution in [0.5, 0.6) is 0 Å². The highest BCUT2D eigenvalue weighted by Crippen LogP contribution is 2.25. The van der Waals surface area contributed by atoms with Gasteiger partial charge in [-0.15, -0.1) is 0 Å². The van der Waals surface area contributed by atoms with E-state index in [1.807, 2.05) is 43.3 Å². The molecule has 0 unspecified atom stereocenters. The molecule has 0 N–H and O–H groups in total. The molecule has 0 bridgehead atoms. The Balaban J connectivity index is 1.74. The molecule has 0 aliphatic carbocycles. The Morgan fingerprint density at radius 2 is 2.08 bits per heavy atom. The second kappa shape index (κ2) is 9.05. The zero-order valence-electron chi connectivity index (χ0n) is 14.5. The zero-order valence-corrected chi connectivity index (χ0v) is 16.1. The van der Waals surface area contributed by atoms with Gasteiger partial charge in [-0.2, -0.15) is 0 Å². The van der Waals surface area contributed by atoms with E-state index in [1.54, 1.807) is 18.0 Å². The molecule has 2 heterocycles. The Labute approximate surface area is 161 Å². The Hall–Kier alpha value is -2.05. The molecule has 3 rings (SSSR count). The highest BCUT2D eigenvalue weighted by Gasteiger charge is 2.13. The van der Waals surface area contributed by atoms with Gasteiger partial charge in [0, 0.05) is 23.4 Å². The zero-order chi connectivity index (χ0) is 18.4. The second-order valence-electron chi connectivity index (χ2n) is 5.71. The maximum atomic E-state index is 11.5. The van der Waals surface area contributed by atoms with Crippen LogP contribution in [0.25, 0.3) is 11.2 Å². The van der Waals surface area contributed by atoms with E-state index in [0.29, 0.717) is 19.6 Å². The number of pyridine rings is 1. The van der Waals surface area contributed by atoms with Crippen LogP contribution in [0, 0.1) is 0 Å². The van der Waals surface area contributed by atoms with Gasteiger partial charge in [-0.25, -0.2) is 9.97 Å². The summed E-state index contributed by atoms with van der Waals surface area (Å²) in [6.07, 6.45) is 2.95. The van der Waals surface area contributed by atoms with E-state index in [-0.39, 0.29) is 5.97 Å². The van der Waals surface area contributed by atoms with Crippen molar-refractivity contribution in [3.63, 3.8) is 0 Å². The van der Waals surface area contributed by atoms with Crippen molar-refractivity contribution >= 4 is 40.5 Å². The molecule has 0 amide bonds. The predicted octanol–water partition coefficient (Wildman–Crippen LogP) is 4.57. The monoisotopic (exact) mass is 389 g/mol. The minimum Gasteiger partial charge on any atom is -0.466 e. The Morgan fingerprint density at radius 1 is 1.27 bits per heavy atom. The van der Waals surface area contributed by atoms with E-state index in [0.717, 1.165) is 39.1 Å². The third-order valence-corrected chi connectivity index (χ3v) is 5.10. The molecule has 1 aromatic carbocycles. The number of imidazole rings is 1. The number of hydrogen-bond donors (Lipinski definition) is 0. The van der Waals surface area contributed by atoms with Crippen LogP contribution in [-0.2, 0) is 16.1 Å². The second-order valence-corrected chi connectivity index (χ2v) is 7.21. The van der Waals surface area contributed by atoms with Crippen LogP contribution in [-0.4, -0.2) is 32.9 Å². The van der Waals surface area contributed by atoms with E-state index in [2.05, 4.69) is 9.55 Å². The number of benzene rings is 1. The topological polar surface area (TPSA) is 57.0 Å². The molecule has 5 nitrogen and oxygen atoms in total. The molecule has 7 heteroatoms. The summed E-state index contributed by atoms with van der Waals surface area (Å²) in [5, 5.41) is 1.62. The number of carbonyl (C=O) groups excluding carboxylic acids is 1. The number of hydrogen-bond acceptors (Lipinski definition) is 5. The van der Waals surface area contributed by atoms with Gasteiger partial charge in [0.2, 0.25) is 0 Å². The lowest BCUT2D eigenvalue weighted by atomic mass is 10.2. The van der Waals surface area contributed by atoms with Crippen LogP contribution in [0.15, 0.2) is 47.8 Å². The summed E-state index contributed by atoms with van der Waals surface area (Å²) < 4.78 is 7.07. The highest BCUT2D eigenvalue weighted by molar-refractivity contribution is 7.99. The molecule has 0 saturated carbocycles. The maximum Gasteiger partial charge on any atom is 0.305 e. The minimum atomic E-state index is -0.149. The molecule has 0 saturated heterocycles. The van der Waals surface area contributed by atoms with Crippen LogP contribution < -0.4 is 0 Å². The van der Waals surface area contributed by atoms with Crippen molar-refractivity contribution in [3.8, 4) is 0 Å². The first-order valence-electron chi connectivity index (χ1n) is 8.51. The van der Waals surface area contributed by atoms with Crippen molar-refractivity contribution < 1.29 is 9.53 Å². The fourth-order valence-corrected chi connectivity index (χ4v) is 3.64. The normalized spacial score (nSPS) is 11.0. The molecule has 3 aromatic rings. The summed E-state index contributed by atoms with van der Waals surface area (Å²) in [4.78, 5) is 20.6. The van der Waals surface area contributed by atoms with Gasteiger partial charge < -0.3 is 4.74 Å². The first-order valence-corrected chi connectivity index (χ1v) is 9.88. The minimum absolute atomic E-state index is 0.149. The summed E-state index contributed by atoms with van der Waals surface area (Å²) in [6, 6.07) is 11.6. The summed E-state index contributed by atoms with van der Waals surface area (Å²) in [5.41, 5.74) is 2.86. The summed E-state index contributed by atoms with van der Waals surface area (Å²) in [7, 11) is 0. The van der Waals surface area contributed by atoms with E-state index in [4.69, 9.17) is 21.3 Å². The van der Waals surface area contributed by atoms with Gasteiger partial charge in [0.15, 0.2) is 10.8 Å². The van der Waals surface area contributed by atoms with Crippen LogP contribution in [0.2, 0.25) is 5.02 Å². The van der Waals surface area contributed by atoms with E-state index < -0.39 is 0 Å². The summed E-state index contributed by atoms with van der Waals surface area (Å²) in [6.45, 7) is 2.91. The standard InChI is InChI=1S/C19H20ClN3O2S/c1-2-25-17(24)6-4-12-26-19-22-16-5-3-11-21-18(16)23(19)13-14-7-9-15(20)10-8-14/h3,5,7-11H,2,4,6,12-13H2,1H3. The van der Waals surface area contributed by atoms with Gasteiger partial charge in [0.1, 0.15) is 5.52 Å². The van der Waals surface area contributed by atoms with E-state index in [1.165, 1.54) is 0 Å². The Bertz CT molecular complexity index is 880. The number of nitrogens with zero attached hydrogens (tertiary/aromatic N) is 3. The third-order valence-electron chi connectivity index (χ3n) is 3.78. The molecule has 26 heavy (non-hydrogen) atoms. The lowest BCUT2D eigenvalue weighted by Crippen LogP contribution is -2.05. The van der Waals surface area contributed by atoms with E-state index >= 15 is 0 Å². The number of thioether (sulfide) groups is 1. The first-order chi connectivity index (χ1) is 12.7. The number of rotatable bonds is 8. The summed E-state index contributed by atoms with van der Waals surface area (Å²) in [5.74, 6) is 0.646. The van der Waals surface area contributed by atoms with Crippen molar-refractivity contribution in [2.45, 2.75) is 31.5 Å². The number of aromatic nitrogens is 3. The SMILES string of the molecule is CCOC(=O)CCCSc1nc2cccnc2n1Cc1ccc(Cl)cc1. The lowest BCUT2D eigenvalue weighted by Gasteiger charge is -2.09. The van der Waals surface area contributed by atoms with Crippen molar-refractivity contribution in [2.75, 3.05) is 12.4 Å². The third kappa shape index (κ3) is 4.77. The largest absolute Gasteiger partial charge is 0.466 e. The molecule has 0 aliphatic heterocycles. The highest BCUT2D eigenvalue weighted by atomic mass is 35.5. The predicted molar refractivity (Wildman–Crippen MR) is 105 cm³/mol. The Morgan fingerprint density at radius 3 is 2.85 bits per heavy atom. The number of esters is 1. The van der Waals surface area contributed by atoms with Gasteiger partial charge >= 0.3 is 5.97 Å². The molecule has 0 radical (unpaired) electrons. The fourth-order valence-electron chi connectivity index (χ4n) is 2.58. The van der Waals surface area contributed by atoms with Gasteiger partial charge in [0.25, 0.3) is 0 Å². The molecule has 0 atom stereocenters. The number of carbonyl (C=O) groups is 1. The molecular formula is C19H20ClN3O2S. The van der Waals surface area contributed by atoms with Crippen LogP contribution in [0.4, 0.5) is 0 Å². The van der Waals surface area contributed by atoms with Crippen LogP contribution in [0.3, 0.4) is 0 Å². The average molecular weight is 390 g/mol. The number of fused-ring (bicyclic) bond motifs is 1. The van der Waals surface area contributed by atoms with E-state index in [9.17, 15) is 4.79 Å². The summed E-state index contributed by atoms with van der Waals surface area (Å²) >= 11 is 7.61. The molecular weight excluding hydrogens is 370 g/mol. The van der Waals surface area contributed by atoms with Gasteiger partial charge in [-0.3, -0.25) is 9.36 Å². The van der Waals surface area contributed by atoms with Crippen molar-refractivity contribution in [3.05, 3.63) is 53.2 Å². The smallest absolute Gasteiger partial charge is 0.305 e. The Kier molecular flexibility index (Phi) is 6.52. The maximum absolute atomic E-state index is 11.5. The quantitative estimate of drug-likeness (QED) is 0.321.